The summed E-state index contributed by atoms with van der Waals surface area (Å²) in [5, 5.41) is 11.5. The quantitative estimate of drug-likeness (QED) is 0.525. The summed E-state index contributed by atoms with van der Waals surface area (Å²) in [5.74, 6) is -0.826. The third kappa shape index (κ3) is 3.15. The fourth-order valence-electron chi connectivity index (χ4n) is 3.62. The van der Waals surface area contributed by atoms with Crippen LogP contribution in [-0.2, 0) is 0 Å². The molecule has 8 nitrogen and oxygen atoms in total. The first-order valence-corrected chi connectivity index (χ1v) is 8.86. The molecule has 0 atom stereocenters. The van der Waals surface area contributed by atoms with E-state index in [2.05, 4.69) is 4.98 Å². The average molecular weight is 384 g/mol. The third-order valence-electron chi connectivity index (χ3n) is 5.03. The number of halogens is 1. The van der Waals surface area contributed by atoms with Crippen LogP contribution in [0.3, 0.4) is 0 Å². The van der Waals surface area contributed by atoms with Gasteiger partial charge in [0.2, 0.25) is 0 Å². The molecule has 1 aliphatic rings. The molecule has 1 aliphatic heterocycles. The second-order valence-corrected chi connectivity index (χ2v) is 6.77. The van der Waals surface area contributed by atoms with Crippen molar-refractivity contribution in [3.05, 3.63) is 80.2 Å². The molecule has 0 radical (unpaired) electrons. The number of likely N-dealkylation sites (tertiary alicyclic amines) is 1. The third-order valence-corrected chi connectivity index (χ3v) is 5.03. The Labute approximate surface area is 158 Å². The molecule has 0 bridgehead atoms. The molecule has 3 aromatic rings. The Morgan fingerprint density at radius 2 is 1.96 bits per heavy atom. The smallest absolute Gasteiger partial charge is 0.329 e. The number of hydrogen-bond donors (Lipinski definition) is 1. The Hall–Kier alpha value is -3.49. The van der Waals surface area contributed by atoms with Gasteiger partial charge in [-0.05, 0) is 37.1 Å². The molecular weight excluding hydrogens is 367 g/mol. The number of nitrogens with zero attached hydrogens (tertiary/aromatic N) is 3. The molecule has 28 heavy (non-hydrogen) atoms. The molecule has 0 aliphatic carbocycles. The highest BCUT2D eigenvalue weighted by atomic mass is 19.1. The normalized spacial score (nSPS) is 15.1. The largest absolute Gasteiger partial charge is 0.619 e. The van der Waals surface area contributed by atoms with Crippen LogP contribution in [0.2, 0.25) is 0 Å². The molecule has 0 spiro atoms. The van der Waals surface area contributed by atoms with E-state index in [0.29, 0.717) is 30.7 Å². The Kier molecular flexibility index (Phi) is 4.42. The van der Waals surface area contributed by atoms with Gasteiger partial charge in [-0.3, -0.25) is 14.2 Å². The van der Waals surface area contributed by atoms with Crippen molar-refractivity contribution in [3.63, 3.8) is 0 Å². The lowest BCUT2D eigenvalue weighted by atomic mass is 10.0. The number of hydrogen-bond acceptors (Lipinski definition) is 4. The van der Waals surface area contributed by atoms with Crippen LogP contribution in [-0.4, -0.2) is 33.4 Å². The van der Waals surface area contributed by atoms with E-state index in [1.54, 1.807) is 11.0 Å². The molecule has 1 fully saturated rings. The minimum Gasteiger partial charge on any atom is -0.619 e. The number of amides is 1. The summed E-state index contributed by atoms with van der Waals surface area (Å²) in [6.07, 6.45) is 3.31. The van der Waals surface area contributed by atoms with Crippen molar-refractivity contribution in [1.82, 2.24) is 14.5 Å². The number of nitrogens with one attached hydrogen (secondary N) is 1. The lowest BCUT2D eigenvalue weighted by Crippen LogP contribution is -2.45. The zero-order chi connectivity index (χ0) is 19.8. The number of aromatic nitrogens is 3. The number of rotatable bonds is 2. The monoisotopic (exact) mass is 384 g/mol. The van der Waals surface area contributed by atoms with Crippen molar-refractivity contribution < 1.29 is 13.9 Å². The predicted molar refractivity (Wildman–Crippen MR) is 98.4 cm³/mol. The molecule has 0 saturated carbocycles. The molecule has 9 heteroatoms. The van der Waals surface area contributed by atoms with Gasteiger partial charge in [0.1, 0.15) is 11.4 Å². The SMILES string of the molecule is O=C(c1ccc[n+]([O-])c1)N1CCC(n2c(=O)[nH]c3ccc(F)cc3c2=O)CC1. The van der Waals surface area contributed by atoms with E-state index in [4.69, 9.17) is 0 Å². The molecule has 1 aromatic carbocycles. The van der Waals surface area contributed by atoms with Crippen LogP contribution in [0.25, 0.3) is 10.9 Å². The number of aromatic amines is 1. The van der Waals surface area contributed by atoms with Crippen molar-refractivity contribution in [2.75, 3.05) is 13.1 Å². The molecule has 3 heterocycles. The summed E-state index contributed by atoms with van der Waals surface area (Å²) in [4.78, 5) is 41.9. The van der Waals surface area contributed by atoms with Gasteiger partial charge in [0.05, 0.1) is 10.9 Å². The lowest BCUT2D eigenvalue weighted by molar-refractivity contribution is -0.605. The number of pyridine rings is 1. The van der Waals surface area contributed by atoms with Crippen LogP contribution in [0.4, 0.5) is 4.39 Å². The highest BCUT2D eigenvalue weighted by molar-refractivity contribution is 5.93. The second kappa shape index (κ2) is 6.91. The topological polar surface area (TPSA) is 102 Å². The van der Waals surface area contributed by atoms with Crippen molar-refractivity contribution in [2.24, 2.45) is 0 Å². The van der Waals surface area contributed by atoms with Gasteiger partial charge >= 0.3 is 5.69 Å². The Balaban J connectivity index is 1.58. The maximum Gasteiger partial charge on any atom is 0.329 e. The standard InChI is InChI=1S/C19H17FN4O4/c20-13-3-4-16-15(10-13)18(26)24(19(27)21-16)14-5-8-22(9-6-14)17(25)12-2-1-7-23(28)11-12/h1-4,7,10-11,14H,5-6,8-9H2,(H,21,27). The van der Waals surface area contributed by atoms with Gasteiger partial charge in [-0.25, -0.2) is 9.18 Å². The number of benzene rings is 1. The lowest BCUT2D eigenvalue weighted by Gasteiger charge is -2.32. The van der Waals surface area contributed by atoms with Gasteiger partial charge in [0.25, 0.3) is 11.5 Å². The maximum atomic E-state index is 13.5. The van der Waals surface area contributed by atoms with Crippen LogP contribution < -0.4 is 16.0 Å². The molecule has 1 saturated heterocycles. The molecular formula is C19H17FN4O4. The van der Waals surface area contributed by atoms with Crippen molar-refractivity contribution in [3.8, 4) is 0 Å². The molecule has 1 amide bonds. The molecule has 0 unspecified atom stereocenters. The molecule has 144 valence electrons. The average Bonchev–Trinajstić information content (AvgIpc) is 2.69. The Morgan fingerprint density at radius 1 is 1.21 bits per heavy atom. The summed E-state index contributed by atoms with van der Waals surface area (Å²) in [6.45, 7) is 0.675. The van der Waals surface area contributed by atoms with Gasteiger partial charge in [-0.15, -0.1) is 0 Å². The van der Waals surface area contributed by atoms with Crippen LogP contribution in [0, 0.1) is 11.0 Å². The number of H-pyrrole nitrogens is 1. The summed E-state index contributed by atoms with van der Waals surface area (Å²) >= 11 is 0. The van der Waals surface area contributed by atoms with E-state index in [0.717, 1.165) is 10.6 Å². The number of carbonyl (C=O) groups excluding carboxylic acids is 1. The number of carbonyl (C=O) groups is 1. The minimum atomic E-state index is -0.554. The van der Waals surface area contributed by atoms with Crippen molar-refractivity contribution >= 4 is 16.8 Å². The minimum absolute atomic E-state index is 0.113. The fourth-order valence-corrected chi connectivity index (χ4v) is 3.62. The van der Waals surface area contributed by atoms with E-state index >= 15 is 0 Å². The zero-order valence-corrected chi connectivity index (χ0v) is 14.8. The van der Waals surface area contributed by atoms with Crippen LogP contribution in [0.5, 0.6) is 0 Å². The molecule has 1 N–H and O–H groups in total. The summed E-state index contributed by atoms with van der Waals surface area (Å²) in [5.41, 5.74) is -0.523. The van der Waals surface area contributed by atoms with Crippen molar-refractivity contribution in [1.29, 1.82) is 0 Å². The second-order valence-electron chi connectivity index (χ2n) is 6.77. The van der Waals surface area contributed by atoms with Gasteiger partial charge in [-0.1, -0.05) is 0 Å². The Morgan fingerprint density at radius 3 is 2.68 bits per heavy atom. The van der Waals surface area contributed by atoms with Crippen LogP contribution >= 0.6 is 0 Å². The predicted octanol–water partition coefficient (Wildman–Crippen LogP) is 0.940. The van der Waals surface area contributed by atoms with E-state index in [1.807, 2.05) is 0 Å². The van der Waals surface area contributed by atoms with E-state index in [1.165, 1.54) is 30.6 Å². The molecule has 2 aromatic heterocycles. The zero-order valence-electron chi connectivity index (χ0n) is 14.8. The summed E-state index contributed by atoms with van der Waals surface area (Å²) < 4.78 is 15.2. The Bertz CT molecular complexity index is 1180. The first-order valence-electron chi connectivity index (χ1n) is 8.86. The van der Waals surface area contributed by atoms with E-state index < -0.39 is 23.1 Å². The van der Waals surface area contributed by atoms with Crippen molar-refractivity contribution in [2.45, 2.75) is 18.9 Å². The van der Waals surface area contributed by atoms with E-state index in [-0.39, 0.29) is 22.4 Å². The van der Waals surface area contributed by atoms with E-state index in [9.17, 15) is 24.0 Å². The maximum absolute atomic E-state index is 13.5. The van der Waals surface area contributed by atoms with Gasteiger partial charge in [0.15, 0.2) is 12.4 Å². The highest BCUT2D eigenvalue weighted by Crippen LogP contribution is 2.21. The van der Waals surface area contributed by atoms with Gasteiger partial charge in [0, 0.05) is 25.2 Å². The first-order chi connectivity index (χ1) is 13.4. The number of fused-ring (bicyclic) bond motifs is 1. The summed E-state index contributed by atoms with van der Waals surface area (Å²) in [6, 6.07) is 6.32. The summed E-state index contributed by atoms with van der Waals surface area (Å²) in [7, 11) is 0. The van der Waals surface area contributed by atoms with Gasteiger partial charge < -0.3 is 15.1 Å². The molecule has 4 rings (SSSR count). The highest BCUT2D eigenvalue weighted by Gasteiger charge is 2.27. The fraction of sp³-hybridized carbons (Fsp3) is 0.263. The number of piperidine rings is 1. The van der Waals surface area contributed by atoms with Gasteiger partial charge in [-0.2, -0.15) is 4.73 Å². The van der Waals surface area contributed by atoms with Crippen LogP contribution in [0.15, 0.2) is 52.3 Å². The van der Waals surface area contributed by atoms with Crippen LogP contribution in [0.1, 0.15) is 29.2 Å². The first kappa shape index (κ1) is 17.9.